The molecule has 0 fully saturated rings. The van der Waals surface area contributed by atoms with Crippen LogP contribution in [-0.2, 0) is 9.26 Å². The third-order valence-corrected chi connectivity index (χ3v) is 7.62. The lowest BCUT2D eigenvalue weighted by molar-refractivity contribution is 0.264. The van der Waals surface area contributed by atoms with Crippen LogP contribution in [0.3, 0.4) is 0 Å². The van der Waals surface area contributed by atoms with Crippen molar-refractivity contribution in [2.45, 2.75) is 45.8 Å². The van der Waals surface area contributed by atoms with Gasteiger partial charge in [0, 0.05) is 5.56 Å². The highest BCUT2D eigenvalue weighted by Gasteiger charge is 2.40. The molecule has 106 valence electrons. The van der Waals surface area contributed by atoms with Gasteiger partial charge < -0.3 is 9.26 Å². The smallest absolute Gasteiger partial charge is 0.286 e. The van der Waals surface area contributed by atoms with Crippen LogP contribution in [0.25, 0.3) is 0 Å². The fraction of sp³-hybridized carbons (Fsp3) is 0.533. The van der Waals surface area contributed by atoms with Crippen LogP contribution in [0.1, 0.15) is 33.3 Å². The van der Waals surface area contributed by atoms with Crippen molar-refractivity contribution in [3.05, 3.63) is 35.9 Å². The summed E-state index contributed by atoms with van der Waals surface area (Å²) in [4.78, 5) is 0. The number of hydrogen-bond acceptors (Lipinski definition) is 3. The molecule has 0 heterocycles. The maximum atomic E-state index is 5.86. The maximum absolute atomic E-state index is 5.86. The van der Waals surface area contributed by atoms with Crippen molar-refractivity contribution in [2.75, 3.05) is 6.61 Å². The van der Waals surface area contributed by atoms with E-state index in [1.807, 2.05) is 37.3 Å². The molecule has 1 aromatic carbocycles. The summed E-state index contributed by atoms with van der Waals surface area (Å²) in [6, 6.07) is 9.86. The molecule has 3 nitrogen and oxygen atoms in total. The lowest BCUT2D eigenvalue weighted by Gasteiger charge is -2.33. The van der Waals surface area contributed by atoms with E-state index in [2.05, 4.69) is 39.0 Å². The van der Waals surface area contributed by atoms with Gasteiger partial charge in [0.15, 0.2) is 0 Å². The number of hydrogen-bond donors (Lipinski definition) is 0. The minimum absolute atomic E-state index is 0.129. The van der Waals surface area contributed by atoms with E-state index in [4.69, 9.17) is 9.26 Å². The SMILES string of the molecule is CCO/C(=N\O[Si](C)(C)C(C)(C)C)c1ccccc1. The molecule has 0 aliphatic heterocycles. The molecule has 0 N–H and O–H groups in total. The molecule has 0 saturated heterocycles. The quantitative estimate of drug-likeness (QED) is 0.354. The Balaban J connectivity index is 2.92. The lowest BCUT2D eigenvalue weighted by atomic mass is 10.2. The van der Waals surface area contributed by atoms with Crippen LogP contribution >= 0.6 is 0 Å². The Bertz CT molecular complexity index is 422. The number of benzene rings is 1. The summed E-state index contributed by atoms with van der Waals surface area (Å²) in [6.07, 6.45) is 0. The predicted octanol–water partition coefficient (Wildman–Crippen LogP) is 4.41. The third kappa shape index (κ3) is 4.38. The maximum Gasteiger partial charge on any atom is 0.286 e. The molecule has 1 rings (SSSR count). The highest BCUT2D eigenvalue weighted by atomic mass is 28.4. The third-order valence-electron chi connectivity index (χ3n) is 3.46. The first-order valence-electron chi connectivity index (χ1n) is 6.72. The average Bonchev–Trinajstić information content (AvgIpc) is 2.34. The summed E-state index contributed by atoms with van der Waals surface area (Å²) in [6.45, 7) is 13.4. The highest BCUT2D eigenvalue weighted by Crippen LogP contribution is 2.36. The van der Waals surface area contributed by atoms with Gasteiger partial charge in [-0.2, -0.15) is 0 Å². The Morgan fingerprint density at radius 1 is 1.16 bits per heavy atom. The van der Waals surface area contributed by atoms with Crippen molar-refractivity contribution in [3.8, 4) is 0 Å². The first-order valence-corrected chi connectivity index (χ1v) is 9.63. The number of rotatable bonds is 4. The van der Waals surface area contributed by atoms with Crippen LogP contribution in [0.15, 0.2) is 35.5 Å². The Kier molecular flexibility index (Phi) is 5.17. The molecule has 1 aromatic rings. The second-order valence-electron chi connectivity index (χ2n) is 6.05. The van der Waals surface area contributed by atoms with E-state index < -0.39 is 8.32 Å². The first kappa shape index (κ1) is 15.8. The largest absolute Gasteiger partial charge is 0.476 e. The topological polar surface area (TPSA) is 30.8 Å². The Hall–Kier alpha value is -1.29. The zero-order valence-electron chi connectivity index (χ0n) is 12.9. The summed E-state index contributed by atoms with van der Waals surface area (Å²) < 4.78 is 11.4. The summed E-state index contributed by atoms with van der Waals surface area (Å²) >= 11 is 0. The molecular formula is C15H25NO2Si. The van der Waals surface area contributed by atoms with Crippen LogP contribution < -0.4 is 0 Å². The molecule has 0 unspecified atom stereocenters. The van der Waals surface area contributed by atoms with Gasteiger partial charge in [-0.3, -0.25) is 0 Å². The molecule has 19 heavy (non-hydrogen) atoms. The van der Waals surface area contributed by atoms with Gasteiger partial charge >= 0.3 is 0 Å². The molecule has 0 aromatic heterocycles. The number of oxime groups is 1. The Morgan fingerprint density at radius 2 is 1.74 bits per heavy atom. The lowest BCUT2D eigenvalue weighted by Crippen LogP contribution is -2.39. The number of nitrogens with zero attached hydrogens (tertiary/aromatic N) is 1. The molecule has 0 amide bonds. The fourth-order valence-corrected chi connectivity index (χ4v) is 1.76. The van der Waals surface area contributed by atoms with Crippen LogP contribution in [-0.4, -0.2) is 20.8 Å². The van der Waals surface area contributed by atoms with Gasteiger partial charge in [0.1, 0.15) is 0 Å². The van der Waals surface area contributed by atoms with Gasteiger partial charge in [-0.15, -0.1) is 0 Å². The average molecular weight is 279 g/mol. The summed E-state index contributed by atoms with van der Waals surface area (Å²) in [5, 5.41) is 4.41. The van der Waals surface area contributed by atoms with Crippen molar-refractivity contribution in [2.24, 2.45) is 5.16 Å². The van der Waals surface area contributed by atoms with E-state index in [9.17, 15) is 0 Å². The minimum atomic E-state index is -1.90. The van der Waals surface area contributed by atoms with Gasteiger partial charge in [0.25, 0.3) is 14.2 Å². The second-order valence-corrected chi connectivity index (χ2v) is 10.8. The molecular weight excluding hydrogens is 254 g/mol. The Labute approximate surface area is 117 Å². The molecule has 0 atom stereocenters. The predicted molar refractivity (Wildman–Crippen MR) is 82.9 cm³/mol. The van der Waals surface area contributed by atoms with Gasteiger partial charge in [-0.05, 0) is 37.2 Å². The molecule has 0 spiro atoms. The minimum Gasteiger partial charge on any atom is -0.476 e. The van der Waals surface area contributed by atoms with E-state index in [-0.39, 0.29) is 5.04 Å². The van der Waals surface area contributed by atoms with Gasteiger partial charge in [-0.1, -0.05) is 44.1 Å². The fourth-order valence-electron chi connectivity index (χ4n) is 1.17. The van der Waals surface area contributed by atoms with Crippen molar-refractivity contribution in [1.82, 2.24) is 0 Å². The van der Waals surface area contributed by atoms with Gasteiger partial charge in [-0.25, -0.2) is 0 Å². The molecule has 0 saturated carbocycles. The van der Waals surface area contributed by atoms with E-state index in [0.29, 0.717) is 12.5 Å². The molecule has 0 aliphatic carbocycles. The van der Waals surface area contributed by atoms with E-state index in [1.54, 1.807) is 0 Å². The van der Waals surface area contributed by atoms with Gasteiger partial charge in [0.05, 0.1) is 6.61 Å². The van der Waals surface area contributed by atoms with Crippen molar-refractivity contribution in [1.29, 1.82) is 0 Å². The second kappa shape index (κ2) is 6.24. The molecule has 0 radical (unpaired) electrons. The van der Waals surface area contributed by atoms with E-state index in [1.165, 1.54) is 0 Å². The van der Waals surface area contributed by atoms with E-state index in [0.717, 1.165) is 5.56 Å². The van der Waals surface area contributed by atoms with Crippen LogP contribution in [0.4, 0.5) is 0 Å². The normalized spacial score (nSPS) is 13.3. The molecule has 4 heteroatoms. The van der Waals surface area contributed by atoms with Crippen molar-refractivity contribution >= 4 is 14.2 Å². The number of ether oxygens (including phenoxy) is 1. The van der Waals surface area contributed by atoms with Crippen LogP contribution in [0.2, 0.25) is 18.1 Å². The zero-order chi connectivity index (χ0) is 14.5. The van der Waals surface area contributed by atoms with Crippen molar-refractivity contribution < 1.29 is 9.26 Å². The summed E-state index contributed by atoms with van der Waals surface area (Å²) in [5.74, 6) is 0.563. The van der Waals surface area contributed by atoms with Gasteiger partial charge in [0.2, 0.25) is 0 Å². The first-order chi connectivity index (χ1) is 8.78. The monoisotopic (exact) mass is 279 g/mol. The summed E-state index contributed by atoms with van der Waals surface area (Å²) in [5.41, 5.74) is 0.947. The molecule has 0 aliphatic rings. The standard InChI is InChI=1S/C15H25NO2Si/c1-7-17-14(13-11-9-8-10-12-13)16-18-19(5,6)15(2,3)4/h8-12H,7H2,1-6H3/b16-14-. The van der Waals surface area contributed by atoms with Crippen LogP contribution in [0, 0.1) is 0 Å². The summed E-state index contributed by atoms with van der Waals surface area (Å²) in [7, 11) is -1.90. The highest BCUT2D eigenvalue weighted by molar-refractivity contribution is 6.74. The zero-order valence-corrected chi connectivity index (χ0v) is 13.9. The Morgan fingerprint density at radius 3 is 2.21 bits per heavy atom. The van der Waals surface area contributed by atoms with E-state index >= 15 is 0 Å². The molecule has 0 bridgehead atoms. The van der Waals surface area contributed by atoms with Crippen molar-refractivity contribution in [3.63, 3.8) is 0 Å². The van der Waals surface area contributed by atoms with Crippen LogP contribution in [0.5, 0.6) is 0 Å².